The van der Waals surface area contributed by atoms with Crippen LogP contribution < -0.4 is 0 Å². The first-order chi connectivity index (χ1) is 8.18. The van der Waals surface area contributed by atoms with E-state index in [1.54, 1.807) is 0 Å². The molecule has 1 aromatic heterocycles. The lowest BCUT2D eigenvalue weighted by Crippen LogP contribution is -1.98. The lowest BCUT2D eigenvalue weighted by atomic mass is 10.3. The molecule has 17 heavy (non-hydrogen) atoms. The number of rotatable bonds is 3. The van der Waals surface area contributed by atoms with Gasteiger partial charge in [0.2, 0.25) is 6.20 Å². The van der Waals surface area contributed by atoms with Gasteiger partial charge in [-0.25, -0.2) is 0 Å². The minimum absolute atomic E-state index is 0.461. The smallest absolute Gasteiger partial charge is 0.236 e. The average molecular weight is 228 g/mol. The van der Waals surface area contributed by atoms with Gasteiger partial charge in [-0.2, -0.15) is 0 Å². The van der Waals surface area contributed by atoms with Crippen molar-refractivity contribution in [3.05, 3.63) is 70.2 Å². The highest BCUT2D eigenvalue weighted by molar-refractivity contribution is 5.51. The van der Waals surface area contributed by atoms with E-state index in [0.717, 1.165) is 23.3 Å². The van der Waals surface area contributed by atoms with Crippen molar-refractivity contribution in [3.8, 4) is 5.69 Å². The summed E-state index contributed by atoms with van der Waals surface area (Å²) in [5.41, 5.74) is 2.84. The Labute approximate surface area is 99.0 Å². The zero-order chi connectivity index (χ0) is 12.3. The molecule has 0 aliphatic carbocycles. The van der Waals surface area contributed by atoms with E-state index in [1.165, 1.54) is 6.08 Å². The van der Waals surface area contributed by atoms with Gasteiger partial charge in [0.1, 0.15) is 0 Å². The van der Waals surface area contributed by atoms with Crippen molar-refractivity contribution in [3.63, 3.8) is 0 Å². The fourth-order valence-electron chi connectivity index (χ4n) is 1.76. The summed E-state index contributed by atoms with van der Waals surface area (Å²) in [7, 11) is 0. The Morgan fingerprint density at radius 3 is 2.53 bits per heavy atom. The normalized spacial score (nSPS) is 10.9. The van der Waals surface area contributed by atoms with E-state index in [2.05, 4.69) is 0 Å². The molecule has 2 aromatic rings. The number of nitro groups is 1. The highest BCUT2D eigenvalue weighted by atomic mass is 16.6. The number of aryl methyl sites for hydroxylation is 1. The number of hydrogen-bond acceptors (Lipinski definition) is 2. The second kappa shape index (κ2) is 4.65. The molecule has 0 fully saturated rings. The van der Waals surface area contributed by atoms with Crippen LogP contribution >= 0.6 is 0 Å². The summed E-state index contributed by atoms with van der Waals surface area (Å²) in [4.78, 5) is 9.88. The standard InChI is InChI=1S/C13H12N2O2/c1-11-7-8-13(9-10-14(16)17)15(11)12-5-3-2-4-6-12/h2-10H,1H3/b10-9-. The number of benzene rings is 1. The fraction of sp³-hybridized carbons (Fsp3) is 0.0769. The highest BCUT2D eigenvalue weighted by Gasteiger charge is 2.05. The lowest BCUT2D eigenvalue weighted by Gasteiger charge is -2.08. The van der Waals surface area contributed by atoms with Gasteiger partial charge in [0, 0.05) is 17.5 Å². The molecule has 0 radical (unpaired) electrons. The molecule has 0 saturated heterocycles. The SMILES string of the molecule is Cc1ccc(/C=C\[N+](=O)[O-])n1-c1ccccc1. The van der Waals surface area contributed by atoms with Crippen LogP contribution in [-0.2, 0) is 0 Å². The molecule has 2 rings (SSSR count). The van der Waals surface area contributed by atoms with Gasteiger partial charge in [0.25, 0.3) is 0 Å². The van der Waals surface area contributed by atoms with Crippen molar-refractivity contribution >= 4 is 6.08 Å². The highest BCUT2D eigenvalue weighted by Crippen LogP contribution is 2.17. The van der Waals surface area contributed by atoms with Gasteiger partial charge in [0.05, 0.1) is 10.6 Å². The Morgan fingerprint density at radius 1 is 1.18 bits per heavy atom. The number of nitrogens with zero attached hydrogens (tertiary/aromatic N) is 2. The van der Waals surface area contributed by atoms with Gasteiger partial charge in [-0.3, -0.25) is 10.1 Å². The molecule has 1 aromatic carbocycles. The van der Waals surface area contributed by atoms with Gasteiger partial charge in [0.15, 0.2) is 0 Å². The largest absolute Gasteiger partial charge is 0.314 e. The van der Waals surface area contributed by atoms with E-state index in [9.17, 15) is 10.1 Å². The Balaban J connectivity index is 2.47. The van der Waals surface area contributed by atoms with Crippen molar-refractivity contribution in [1.82, 2.24) is 4.57 Å². The molecule has 86 valence electrons. The molecule has 0 spiro atoms. The summed E-state index contributed by atoms with van der Waals surface area (Å²) in [6, 6.07) is 13.6. The third kappa shape index (κ3) is 2.42. The monoisotopic (exact) mass is 228 g/mol. The van der Waals surface area contributed by atoms with Crippen molar-refractivity contribution in [2.24, 2.45) is 0 Å². The second-order valence-electron chi connectivity index (χ2n) is 3.67. The maximum atomic E-state index is 10.3. The molecule has 0 aliphatic heterocycles. The first kappa shape index (κ1) is 11.1. The van der Waals surface area contributed by atoms with Crippen molar-refractivity contribution in [1.29, 1.82) is 0 Å². The van der Waals surface area contributed by atoms with E-state index in [4.69, 9.17) is 0 Å². The number of aromatic nitrogens is 1. The van der Waals surface area contributed by atoms with Gasteiger partial charge >= 0.3 is 0 Å². The van der Waals surface area contributed by atoms with Crippen LogP contribution in [0, 0.1) is 17.0 Å². The minimum atomic E-state index is -0.461. The molecule has 0 unspecified atom stereocenters. The predicted octanol–water partition coefficient (Wildman–Crippen LogP) is 3.03. The van der Waals surface area contributed by atoms with Crippen molar-refractivity contribution in [2.45, 2.75) is 6.92 Å². The Bertz CT molecular complexity index is 556. The Kier molecular flexibility index (Phi) is 3.05. The fourth-order valence-corrected chi connectivity index (χ4v) is 1.76. The zero-order valence-electron chi connectivity index (χ0n) is 9.41. The molecule has 0 saturated carbocycles. The van der Waals surface area contributed by atoms with Gasteiger partial charge < -0.3 is 4.57 Å². The Morgan fingerprint density at radius 2 is 1.88 bits per heavy atom. The van der Waals surface area contributed by atoms with Gasteiger partial charge in [-0.15, -0.1) is 0 Å². The number of hydrogen-bond donors (Lipinski definition) is 0. The third-order valence-corrected chi connectivity index (χ3v) is 2.49. The molecular formula is C13H12N2O2. The van der Waals surface area contributed by atoms with E-state index < -0.39 is 4.92 Å². The van der Waals surface area contributed by atoms with E-state index in [-0.39, 0.29) is 0 Å². The van der Waals surface area contributed by atoms with E-state index in [1.807, 2.05) is 54.0 Å². The summed E-state index contributed by atoms with van der Waals surface area (Å²) in [6.07, 6.45) is 2.45. The van der Waals surface area contributed by atoms with Gasteiger partial charge in [-0.1, -0.05) is 18.2 Å². The summed E-state index contributed by atoms with van der Waals surface area (Å²) in [6.45, 7) is 1.97. The molecule has 0 bridgehead atoms. The minimum Gasteiger partial charge on any atom is -0.314 e. The zero-order valence-corrected chi connectivity index (χ0v) is 9.41. The van der Waals surface area contributed by atoms with Crippen LogP contribution in [0.1, 0.15) is 11.4 Å². The second-order valence-corrected chi connectivity index (χ2v) is 3.67. The van der Waals surface area contributed by atoms with Crippen LogP contribution in [0.2, 0.25) is 0 Å². The van der Waals surface area contributed by atoms with Crippen LogP contribution in [0.15, 0.2) is 48.7 Å². The van der Waals surface area contributed by atoms with Crippen molar-refractivity contribution < 1.29 is 4.92 Å². The molecule has 1 heterocycles. The average Bonchev–Trinajstić information content (AvgIpc) is 2.69. The lowest BCUT2D eigenvalue weighted by molar-refractivity contribution is -0.401. The number of para-hydroxylation sites is 1. The maximum absolute atomic E-state index is 10.3. The van der Waals surface area contributed by atoms with Crippen molar-refractivity contribution in [2.75, 3.05) is 0 Å². The summed E-state index contributed by atoms with van der Waals surface area (Å²) >= 11 is 0. The molecule has 4 nitrogen and oxygen atoms in total. The molecule has 0 N–H and O–H groups in total. The first-order valence-corrected chi connectivity index (χ1v) is 5.24. The summed E-state index contributed by atoms with van der Waals surface area (Å²) in [5.74, 6) is 0. The first-order valence-electron chi connectivity index (χ1n) is 5.24. The topological polar surface area (TPSA) is 48.1 Å². The van der Waals surface area contributed by atoms with Gasteiger partial charge in [-0.05, 0) is 31.2 Å². The van der Waals surface area contributed by atoms with Crippen LogP contribution in [-0.4, -0.2) is 9.49 Å². The molecular weight excluding hydrogens is 216 g/mol. The van der Waals surface area contributed by atoms with E-state index in [0.29, 0.717) is 0 Å². The molecule has 0 amide bonds. The quantitative estimate of drug-likeness (QED) is 0.598. The van der Waals surface area contributed by atoms with Crippen LogP contribution in [0.3, 0.4) is 0 Å². The van der Waals surface area contributed by atoms with E-state index >= 15 is 0 Å². The van der Waals surface area contributed by atoms with Crippen LogP contribution in [0.4, 0.5) is 0 Å². The summed E-state index contributed by atoms with van der Waals surface area (Å²) < 4.78 is 1.97. The van der Waals surface area contributed by atoms with Crippen LogP contribution in [0.25, 0.3) is 11.8 Å². The maximum Gasteiger partial charge on any atom is 0.236 e. The Hall–Kier alpha value is -2.36. The molecule has 0 aliphatic rings. The predicted molar refractivity (Wildman–Crippen MR) is 66.5 cm³/mol. The van der Waals surface area contributed by atoms with Crippen LogP contribution in [0.5, 0.6) is 0 Å². The molecule has 4 heteroatoms. The molecule has 0 atom stereocenters. The third-order valence-electron chi connectivity index (χ3n) is 2.49. The summed E-state index contributed by atoms with van der Waals surface area (Å²) in [5, 5.41) is 10.3.